The van der Waals surface area contributed by atoms with Crippen LogP contribution in [0, 0.1) is 0 Å². The zero-order valence-electron chi connectivity index (χ0n) is 13.9. The molecule has 1 atom stereocenters. The zero-order valence-corrected chi connectivity index (χ0v) is 16.3. The molecule has 1 aliphatic rings. The molecule has 2 aromatic rings. The highest BCUT2D eigenvalue weighted by Gasteiger charge is 2.22. The fourth-order valence-corrected chi connectivity index (χ4v) is 2.80. The molecule has 9 heteroatoms. The molecule has 6 nitrogen and oxygen atoms in total. The Bertz CT molecular complexity index is 674. The summed E-state index contributed by atoms with van der Waals surface area (Å²) in [5.41, 5.74) is 8.46. The molecule has 0 saturated carbocycles. The zero-order chi connectivity index (χ0) is 15.5. The number of benzene rings is 1. The van der Waals surface area contributed by atoms with Crippen LogP contribution in [0.1, 0.15) is 12.0 Å². The van der Waals surface area contributed by atoms with Crippen molar-refractivity contribution in [3.63, 3.8) is 0 Å². The van der Waals surface area contributed by atoms with Crippen molar-refractivity contribution in [2.24, 2.45) is 0 Å². The summed E-state index contributed by atoms with van der Waals surface area (Å²) in [5, 5.41) is 12.6. The second-order valence-corrected chi connectivity index (χ2v) is 5.55. The first-order chi connectivity index (χ1) is 10.7. The van der Waals surface area contributed by atoms with E-state index in [1.807, 2.05) is 37.4 Å². The van der Waals surface area contributed by atoms with Gasteiger partial charge in [0.1, 0.15) is 5.82 Å². The lowest BCUT2D eigenvalue weighted by atomic mass is 10.1. The Morgan fingerprint density at radius 3 is 2.64 bits per heavy atom. The Morgan fingerprint density at radius 2 is 2.00 bits per heavy atom. The van der Waals surface area contributed by atoms with Gasteiger partial charge in [0.25, 0.3) is 0 Å². The first-order valence-electron chi connectivity index (χ1n) is 7.46. The molecule has 4 N–H and O–H groups in total. The monoisotopic (exact) mass is 407 g/mol. The number of likely N-dealkylation sites (N-methyl/N-ethyl adjacent to an activating group) is 1. The molecule has 0 spiro atoms. The minimum atomic E-state index is 0. The van der Waals surface area contributed by atoms with Crippen LogP contribution in [0.4, 0.5) is 11.8 Å². The smallest absolute Gasteiger partial charge is 0.222 e. The normalized spacial score (nSPS) is 15.8. The molecule has 3 rings (SSSR count). The van der Waals surface area contributed by atoms with Gasteiger partial charge in [-0.25, -0.2) is 4.98 Å². The van der Waals surface area contributed by atoms with E-state index in [0.29, 0.717) is 6.04 Å². The topological polar surface area (TPSA) is 87.3 Å². The number of nitrogens with zero attached hydrogens (tertiary/aromatic N) is 3. The van der Waals surface area contributed by atoms with E-state index >= 15 is 0 Å². The second-order valence-electron chi connectivity index (χ2n) is 5.55. The van der Waals surface area contributed by atoms with E-state index in [1.54, 1.807) is 0 Å². The van der Waals surface area contributed by atoms with Gasteiger partial charge in [0.05, 0.1) is 12.3 Å². The van der Waals surface area contributed by atoms with Crippen LogP contribution in [0.2, 0.25) is 0 Å². The number of hydrogen-bond donors (Lipinski definition) is 3. The van der Waals surface area contributed by atoms with Crippen LogP contribution < -0.4 is 16.0 Å². The van der Waals surface area contributed by atoms with Crippen molar-refractivity contribution < 1.29 is 5.11 Å². The number of hydrogen-bond acceptors (Lipinski definition) is 6. The van der Waals surface area contributed by atoms with Crippen LogP contribution in [-0.4, -0.2) is 41.3 Å². The number of nitrogens with two attached hydrogens (primary N) is 1. The molecule has 25 heavy (non-hydrogen) atoms. The average Bonchev–Trinajstić information content (AvgIpc) is 3.03. The maximum absolute atomic E-state index is 9.27. The molecule has 1 aromatic carbocycles. The van der Waals surface area contributed by atoms with Crippen LogP contribution in [0.5, 0.6) is 0 Å². The highest BCUT2D eigenvalue weighted by Crippen LogP contribution is 2.25. The molecule has 0 amide bonds. The van der Waals surface area contributed by atoms with Gasteiger partial charge in [0.2, 0.25) is 5.95 Å². The maximum Gasteiger partial charge on any atom is 0.222 e. The van der Waals surface area contributed by atoms with Crippen LogP contribution >= 0.6 is 37.2 Å². The lowest BCUT2D eigenvalue weighted by Gasteiger charge is -2.18. The van der Waals surface area contributed by atoms with Gasteiger partial charge < -0.3 is 21.1 Å². The molecule has 2 heterocycles. The molecule has 1 aliphatic heterocycles. The van der Waals surface area contributed by atoms with Gasteiger partial charge in [-0.2, -0.15) is 4.98 Å². The summed E-state index contributed by atoms with van der Waals surface area (Å²) in [6, 6.07) is 10.1. The first-order valence-corrected chi connectivity index (χ1v) is 7.46. The summed E-state index contributed by atoms with van der Waals surface area (Å²) in [6.07, 6.45) is 1.09. The summed E-state index contributed by atoms with van der Waals surface area (Å²) in [4.78, 5) is 10.9. The third kappa shape index (κ3) is 5.59. The quantitative estimate of drug-likeness (QED) is 0.719. The third-order valence-electron chi connectivity index (χ3n) is 4.06. The Hall–Kier alpha value is -1.31. The summed E-state index contributed by atoms with van der Waals surface area (Å²) in [7, 11) is 1.98. The van der Waals surface area contributed by atoms with Crippen LogP contribution in [0.15, 0.2) is 30.3 Å². The molecule has 140 valence electrons. The van der Waals surface area contributed by atoms with Crippen LogP contribution in [0.3, 0.4) is 0 Å². The maximum atomic E-state index is 9.27. The molecule has 1 unspecified atom stereocenters. The van der Waals surface area contributed by atoms with Crippen LogP contribution in [-0.2, 0) is 6.61 Å². The number of nitrogens with one attached hydrogen (secondary N) is 1. The Labute approximate surface area is 166 Å². The fraction of sp³-hybridized carbons (Fsp3) is 0.375. The van der Waals surface area contributed by atoms with Crippen molar-refractivity contribution in [3.8, 4) is 11.3 Å². The summed E-state index contributed by atoms with van der Waals surface area (Å²) in [6.45, 7) is 1.89. The Morgan fingerprint density at radius 1 is 1.24 bits per heavy atom. The molecular formula is C16H24Cl3N5O. The second kappa shape index (κ2) is 10.6. The SMILES string of the molecule is CNC1CCN(c2cc(-c3cccc(CO)c3)nc(N)n2)C1.Cl.Cl.Cl. The molecule has 0 aliphatic carbocycles. The number of halogens is 3. The van der Waals surface area contributed by atoms with Gasteiger partial charge >= 0.3 is 0 Å². The van der Waals surface area contributed by atoms with E-state index in [9.17, 15) is 5.11 Å². The van der Waals surface area contributed by atoms with Crippen molar-refractivity contribution in [1.29, 1.82) is 0 Å². The summed E-state index contributed by atoms with van der Waals surface area (Å²) >= 11 is 0. The lowest BCUT2D eigenvalue weighted by molar-refractivity contribution is 0.282. The number of nitrogen functional groups attached to an aromatic ring is 1. The summed E-state index contributed by atoms with van der Waals surface area (Å²) in [5.74, 6) is 1.13. The van der Waals surface area contributed by atoms with E-state index < -0.39 is 0 Å². The van der Waals surface area contributed by atoms with Crippen molar-refractivity contribution in [2.75, 3.05) is 30.8 Å². The molecular weight excluding hydrogens is 385 g/mol. The largest absolute Gasteiger partial charge is 0.392 e. The average molecular weight is 409 g/mol. The number of aliphatic hydroxyl groups excluding tert-OH is 1. The number of anilines is 2. The predicted molar refractivity (Wildman–Crippen MR) is 109 cm³/mol. The minimum Gasteiger partial charge on any atom is -0.392 e. The predicted octanol–water partition coefficient (Wildman–Crippen LogP) is 2.28. The molecule has 1 saturated heterocycles. The van der Waals surface area contributed by atoms with Gasteiger partial charge in [-0.3, -0.25) is 0 Å². The minimum absolute atomic E-state index is 0. The van der Waals surface area contributed by atoms with E-state index in [-0.39, 0.29) is 49.8 Å². The standard InChI is InChI=1S/C16H21N5O.3ClH/c1-18-13-5-6-21(9-13)15-8-14(19-16(17)20-15)12-4-2-3-11(7-12)10-22;;;/h2-4,7-8,13,18,22H,5-6,9-10H2,1H3,(H2,17,19,20);3*1H. The van der Waals surface area contributed by atoms with Crippen molar-refractivity contribution in [1.82, 2.24) is 15.3 Å². The highest BCUT2D eigenvalue weighted by atomic mass is 35.5. The fourth-order valence-electron chi connectivity index (χ4n) is 2.80. The molecule has 0 radical (unpaired) electrons. The van der Waals surface area contributed by atoms with E-state index in [1.165, 1.54) is 0 Å². The van der Waals surface area contributed by atoms with Crippen LogP contribution in [0.25, 0.3) is 11.3 Å². The van der Waals surface area contributed by atoms with E-state index in [0.717, 1.165) is 42.1 Å². The Kier molecular flexibility index (Phi) is 10.1. The van der Waals surface area contributed by atoms with Crippen molar-refractivity contribution in [3.05, 3.63) is 35.9 Å². The van der Waals surface area contributed by atoms with Gasteiger partial charge in [0.15, 0.2) is 0 Å². The number of aromatic nitrogens is 2. The van der Waals surface area contributed by atoms with E-state index in [4.69, 9.17) is 5.73 Å². The number of rotatable bonds is 4. The molecule has 1 aromatic heterocycles. The number of aliphatic hydroxyl groups is 1. The van der Waals surface area contributed by atoms with Gasteiger partial charge in [0, 0.05) is 30.8 Å². The van der Waals surface area contributed by atoms with E-state index in [2.05, 4.69) is 20.2 Å². The third-order valence-corrected chi connectivity index (χ3v) is 4.06. The van der Waals surface area contributed by atoms with Gasteiger partial charge in [-0.1, -0.05) is 18.2 Å². The highest BCUT2D eigenvalue weighted by molar-refractivity contribution is 5.86. The van der Waals surface area contributed by atoms with Crippen molar-refractivity contribution in [2.45, 2.75) is 19.1 Å². The Balaban J connectivity index is 0.00000192. The molecule has 1 fully saturated rings. The van der Waals surface area contributed by atoms with Gasteiger partial charge in [-0.15, -0.1) is 37.2 Å². The summed E-state index contributed by atoms with van der Waals surface area (Å²) < 4.78 is 0. The van der Waals surface area contributed by atoms with Gasteiger partial charge in [-0.05, 0) is 25.1 Å². The van der Waals surface area contributed by atoms with Crippen molar-refractivity contribution >= 4 is 49.0 Å². The molecule has 0 bridgehead atoms. The first kappa shape index (κ1) is 23.7. The lowest BCUT2D eigenvalue weighted by Crippen LogP contribution is -2.30.